The van der Waals surface area contributed by atoms with Gasteiger partial charge in [0.05, 0.1) is 0 Å². The Morgan fingerprint density at radius 3 is 2.67 bits per heavy atom. The van der Waals surface area contributed by atoms with Gasteiger partial charge >= 0.3 is 0 Å². The Labute approximate surface area is 127 Å². The third-order valence-electron chi connectivity index (χ3n) is 4.88. The first kappa shape index (κ1) is 14.8. The third-order valence-corrected chi connectivity index (χ3v) is 4.88. The van der Waals surface area contributed by atoms with E-state index in [1.54, 1.807) is 12.1 Å². The molecule has 0 unspecified atom stereocenters. The quantitative estimate of drug-likeness (QED) is 0.816. The molecule has 0 aromatic heterocycles. The Hall–Kier alpha value is -1.15. The molecule has 0 spiro atoms. The number of halogens is 1. The van der Waals surface area contributed by atoms with Crippen LogP contribution < -0.4 is 5.32 Å². The predicted molar refractivity (Wildman–Crippen MR) is 86.7 cm³/mol. The molecule has 0 amide bonds. The average Bonchev–Trinajstić information content (AvgIpc) is 3.32. The molecule has 1 aromatic rings. The van der Waals surface area contributed by atoms with E-state index in [9.17, 15) is 4.39 Å². The lowest BCUT2D eigenvalue weighted by molar-refractivity contribution is 0.396. The van der Waals surface area contributed by atoms with Gasteiger partial charge in [-0.3, -0.25) is 0 Å². The van der Waals surface area contributed by atoms with Crippen LogP contribution in [0.3, 0.4) is 0 Å². The highest BCUT2D eigenvalue weighted by Crippen LogP contribution is 2.32. The zero-order valence-electron chi connectivity index (χ0n) is 13.0. The second-order valence-corrected chi connectivity index (χ2v) is 6.71. The van der Waals surface area contributed by atoms with Gasteiger partial charge in [-0.05, 0) is 61.8 Å². The first-order valence-corrected chi connectivity index (χ1v) is 8.42. The van der Waals surface area contributed by atoms with Gasteiger partial charge < -0.3 is 5.32 Å². The van der Waals surface area contributed by atoms with Crippen molar-refractivity contribution < 1.29 is 4.39 Å². The molecule has 21 heavy (non-hydrogen) atoms. The Balaban J connectivity index is 1.80. The van der Waals surface area contributed by atoms with Crippen LogP contribution in [0, 0.1) is 18.7 Å². The van der Waals surface area contributed by atoms with E-state index in [2.05, 4.69) is 18.3 Å². The molecule has 1 N–H and O–H groups in total. The normalized spacial score (nSPS) is 20.8. The molecule has 2 aliphatic carbocycles. The van der Waals surface area contributed by atoms with Gasteiger partial charge in [0.15, 0.2) is 0 Å². The van der Waals surface area contributed by atoms with Crippen LogP contribution in [0.4, 0.5) is 4.39 Å². The van der Waals surface area contributed by atoms with Gasteiger partial charge in [0.2, 0.25) is 0 Å². The fourth-order valence-corrected chi connectivity index (χ4v) is 3.30. The molecule has 0 heterocycles. The average molecular weight is 287 g/mol. The second kappa shape index (κ2) is 6.74. The summed E-state index contributed by atoms with van der Waals surface area (Å²) in [6.07, 6.45) is 11.5. The Kier molecular flexibility index (Phi) is 4.74. The predicted octanol–water partition coefficient (Wildman–Crippen LogP) is 4.85. The van der Waals surface area contributed by atoms with Gasteiger partial charge in [-0.15, -0.1) is 0 Å². The molecule has 2 aliphatic rings. The number of benzene rings is 1. The summed E-state index contributed by atoms with van der Waals surface area (Å²) in [6.45, 7) is 3.05. The lowest BCUT2D eigenvalue weighted by Gasteiger charge is -2.25. The summed E-state index contributed by atoms with van der Waals surface area (Å²) >= 11 is 0. The van der Waals surface area contributed by atoms with Crippen LogP contribution in [0.25, 0.3) is 6.08 Å². The van der Waals surface area contributed by atoms with Crippen LogP contribution in [-0.2, 0) is 0 Å². The zero-order chi connectivity index (χ0) is 14.7. The van der Waals surface area contributed by atoms with E-state index in [0.29, 0.717) is 5.92 Å². The standard InChI is InChI=1S/C19H26FN/c1-14-7-8-18(20)12-16(14)11-17(13-21-19-9-10-19)15-5-3-2-4-6-15/h7-8,11-12,15,19,21H,2-6,9-10,13H2,1H3/b17-11-. The third kappa shape index (κ3) is 4.16. The summed E-state index contributed by atoms with van der Waals surface area (Å²) in [5, 5.41) is 3.65. The van der Waals surface area contributed by atoms with E-state index in [0.717, 1.165) is 23.7 Å². The summed E-state index contributed by atoms with van der Waals surface area (Å²) < 4.78 is 13.5. The topological polar surface area (TPSA) is 12.0 Å². The Morgan fingerprint density at radius 2 is 1.95 bits per heavy atom. The van der Waals surface area contributed by atoms with Gasteiger partial charge in [0.1, 0.15) is 5.82 Å². The fourth-order valence-electron chi connectivity index (χ4n) is 3.30. The minimum atomic E-state index is -0.134. The van der Waals surface area contributed by atoms with Crippen molar-refractivity contribution in [3.8, 4) is 0 Å². The number of hydrogen-bond acceptors (Lipinski definition) is 1. The summed E-state index contributed by atoms with van der Waals surface area (Å²) in [5.41, 5.74) is 3.69. The number of hydrogen-bond donors (Lipinski definition) is 1. The monoisotopic (exact) mass is 287 g/mol. The maximum absolute atomic E-state index is 13.5. The molecule has 0 atom stereocenters. The fraction of sp³-hybridized carbons (Fsp3) is 0.579. The second-order valence-electron chi connectivity index (χ2n) is 6.71. The van der Waals surface area contributed by atoms with Crippen molar-refractivity contribution in [1.82, 2.24) is 5.32 Å². The van der Waals surface area contributed by atoms with Gasteiger partial charge in [0.25, 0.3) is 0 Å². The molecule has 0 bridgehead atoms. The summed E-state index contributed by atoms with van der Waals surface area (Å²) in [5.74, 6) is 0.553. The van der Waals surface area contributed by atoms with E-state index >= 15 is 0 Å². The largest absolute Gasteiger partial charge is 0.310 e. The van der Waals surface area contributed by atoms with Gasteiger partial charge in [0, 0.05) is 12.6 Å². The minimum Gasteiger partial charge on any atom is -0.310 e. The smallest absolute Gasteiger partial charge is 0.123 e. The van der Waals surface area contributed by atoms with Gasteiger partial charge in [-0.1, -0.05) is 37.0 Å². The van der Waals surface area contributed by atoms with Crippen molar-refractivity contribution >= 4 is 6.08 Å². The molecular formula is C19H26FN. The molecule has 2 heteroatoms. The van der Waals surface area contributed by atoms with Crippen LogP contribution >= 0.6 is 0 Å². The zero-order valence-corrected chi connectivity index (χ0v) is 13.0. The van der Waals surface area contributed by atoms with Crippen molar-refractivity contribution in [2.24, 2.45) is 5.92 Å². The van der Waals surface area contributed by atoms with Crippen molar-refractivity contribution in [3.63, 3.8) is 0 Å². The highest BCUT2D eigenvalue weighted by Gasteiger charge is 2.23. The molecular weight excluding hydrogens is 261 g/mol. The molecule has 114 valence electrons. The lowest BCUT2D eigenvalue weighted by Crippen LogP contribution is -2.24. The van der Waals surface area contributed by atoms with Crippen molar-refractivity contribution in [2.75, 3.05) is 6.54 Å². The Morgan fingerprint density at radius 1 is 1.19 bits per heavy atom. The van der Waals surface area contributed by atoms with Crippen LogP contribution in [0.1, 0.15) is 56.1 Å². The van der Waals surface area contributed by atoms with Crippen LogP contribution in [0.2, 0.25) is 0 Å². The SMILES string of the molecule is Cc1ccc(F)cc1/C=C(/CNC1CC1)C1CCCCC1. The molecule has 1 nitrogen and oxygen atoms in total. The molecule has 1 aromatic carbocycles. The highest BCUT2D eigenvalue weighted by atomic mass is 19.1. The van der Waals surface area contributed by atoms with E-state index < -0.39 is 0 Å². The molecule has 0 aliphatic heterocycles. The maximum Gasteiger partial charge on any atom is 0.123 e. The number of aryl methyl sites for hydroxylation is 1. The molecule has 0 radical (unpaired) electrons. The molecule has 3 rings (SSSR count). The van der Waals surface area contributed by atoms with Crippen molar-refractivity contribution in [3.05, 3.63) is 40.7 Å². The number of nitrogens with one attached hydrogen (secondary N) is 1. The number of rotatable bonds is 5. The van der Waals surface area contributed by atoms with Crippen LogP contribution in [0.15, 0.2) is 23.8 Å². The first-order chi connectivity index (χ1) is 10.2. The highest BCUT2D eigenvalue weighted by molar-refractivity contribution is 5.57. The van der Waals surface area contributed by atoms with Crippen LogP contribution in [0.5, 0.6) is 0 Å². The summed E-state index contributed by atoms with van der Waals surface area (Å²) in [7, 11) is 0. The Bertz CT molecular complexity index is 510. The summed E-state index contributed by atoms with van der Waals surface area (Å²) in [6, 6.07) is 5.84. The maximum atomic E-state index is 13.5. The molecule has 2 fully saturated rings. The van der Waals surface area contributed by atoms with Gasteiger partial charge in [-0.25, -0.2) is 4.39 Å². The summed E-state index contributed by atoms with van der Waals surface area (Å²) in [4.78, 5) is 0. The van der Waals surface area contributed by atoms with E-state index in [1.807, 2.05) is 6.07 Å². The van der Waals surface area contributed by atoms with E-state index in [-0.39, 0.29) is 5.82 Å². The van der Waals surface area contributed by atoms with Crippen LogP contribution in [-0.4, -0.2) is 12.6 Å². The lowest BCUT2D eigenvalue weighted by atomic mass is 9.82. The van der Waals surface area contributed by atoms with Gasteiger partial charge in [-0.2, -0.15) is 0 Å². The molecule has 0 saturated heterocycles. The van der Waals surface area contributed by atoms with Crippen molar-refractivity contribution in [2.45, 2.75) is 57.9 Å². The van der Waals surface area contributed by atoms with Crippen molar-refractivity contribution in [1.29, 1.82) is 0 Å². The first-order valence-electron chi connectivity index (χ1n) is 8.42. The van der Waals surface area contributed by atoms with E-state index in [4.69, 9.17) is 0 Å². The minimum absolute atomic E-state index is 0.134. The van der Waals surface area contributed by atoms with E-state index in [1.165, 1.54) is 50.5 Å². The molecule has 2 saturated carbocycles.